The van der Waals surface area contributed by atoms with Gasteiger partial charge in [0.2, 0.25) is 0 Å². The Hall–Kier alpha value is -1.20. The molecule has 5 heteroatoms. The van der Waals surface area contributed by atoms with E-state index in [1.54, 1.807) is 7.05 Å². The van der Waals surface area contributed by atoms with E-state index in [1.165, 1.54) is 24.1 Å². The zero-order chi connectivity index (χ0) is 12.1. The minimum absolute atomic E-state index is 0.103. The molecule has 1 aromatic carbocycles. The van der Waals surface area contributed by atoms with Gasteiger partial charge in [-0.25, -0.2) is 8.78 Å². The Bertz CT molecular complexity index is 335. The van der Waals surface area contributed by atoms with Crippen LogP contribution in [0.1, 0.15) is 5.56 Å². The smallest absolute Gasteiger partial charge is 0.149 e. The topological polar surface area (TPSA) is 35.5 Å². The minimum Gasteiger partial charge on any atom is -0.395 e. The fourth-order valence-corrected chi connectivity index (χ4v) is 1.55. The van der Waals surface area contributed by atoms with E-state index >= 15 is 0 Å². The number of nitrogens with zero attached hydrogens (tertiary/aromatic N) is 1. The van der Waals surface area contributed by atoms with E-state index in [9.17, 15) is 8.78 Å². The molecular formula is C11H16F2N2O. The van der Waals surface area contributed by atoms with Crippen molar-refractivity contribution in [2.45, 2.75) is 6.54 Å². The highest BCUT2D eigenvalue weighted by Crippen LogP contribution is 2.23. The molecule has 0 radical (unpaired) electrons. The molecule has 3 nitrogen and oxygen atoms in total. The van der Waals surface area contributed by atoms with Gasteiger partial charge in [-0.1, -0.05) is 0 Å². The lowest BCUT2D eigenvalue weighted by atomic mass is 10.1. The molecule has 2 N–H and O–H groups in total. The van der Waals surface area contributed by atoms with Crippen molar-refractivity contribution in [1.82, 2.24) is 5.32 Å². The van der Waals surface area contributed by atoms with Gasteiger partial charge in [0.1, 0.15) is 17.3 Å². The summed E-state index contributed by atoms with van der Waals surface area (Å²) >= 11 is 0. The molecule has 0 aliphatic rings. The number of nitrogens with one attached hydrogen (secondary N) is 1. The van der Waals surface area contributed by atoms with E-state index in [0.717, 1.165) is 0 Å². The first-order valence-electron chi connectivity index (χ1n) is 5.04. The van der Waals surface area contributed by atoms with Crippen LogP contribution in [0, 0.1) is 11.6 Å². The summed E-state index contributed by atoms with van der Waals surface area (Å²) in [5.41, 5.74) is 0.451. The number of aliphatic hydroxyl groups is 1. The van der Waals surface area contributed by atoms with E-state index < -0.39 is 11.6 Å². The molecule has 1 rings (SSSR count). The van der Waals surface area contributed by atoms with Gasteiger partial charge in [0.25, 0.3) is 0 Å². The maximum atomic E-state index is 13.6. The summed E-state index contributed by atoms with van der Waals surface area (Å²) in [5, 5.41) is 11.5. The summed E-state index contributed by atoms with van der Waals surface area (Å²) in [5.74, 6) is -1.22. The Balaban J connectivity index is 3.02. The van der Waals surface area contributed by atoms with Crippen LogP contribution < -0.4 is 10.2 Å². The highest BCUT2D eigenvalue weighted by Gasteiger charge is 2.14. The van der Waals surface area contributed by atoms with Crippen LogP contribution in [-0.2, 0) is 6.54 Å². The van der Waals surface area contributed by atoms with Gasteiger partial charge in [0, 0.05) is 20.1 Å². The van der Waals surface area contributed by atoms with Crippen molar-refractivity contribution in [3.8, 4) is 0 Å². The first-order valence-corrected chi connectivity index (χ1v) is 5.04. The normalized spacial score (nSPS) is 10.6. The average molecular weight is 230 g/mol. The lowest BCUT2D eigenvalue weighted by molar-refractivity contribution is 0.303. The van der Waals surface area contributed by atoms with E-state index in [0.29, 0.717) is 12.1 Å². The third kappa shape index (κ3) is 2.90. The van der Waals surface area contributed by atoms with Crippen LogP contribution in [0.15, 0.2) is 12.1 Å². The van der Waals surface area contributed by atoms with Crippen molar-refractivity contribution in [2.75, 3.05) is 32.1 Å². The maximum Gasteiger partial charge on any atom is 0.149 e. The van der Waals surface area contributed by atoms with Crippen molar-refractivity contribution in [3.63, 3.8) is 0 Å². The third-order valence-electron chi connectivity index (χ3n) is 2.27. The molecule has 16 heavy (non-hydrogen) atoms. The number of likely N-dealkylation sites (N-methyl/N-ethyl adjacent to an activating group) is 1. The predicted octanol–water partition coefficient (Wildman–Crippen LogP) is 1.11. The molecule has 90 valence electrons. The molecule has 0 fully saturated rings. The number of aliphatic hydroxyl groups excluding tert-OH is 1. The molecule has 0 aliphatic heterocycles. The molecule has 0 spiro atoms. The van der Waals surface area contributed by atoms with Gasteiger partial charge in [-0.15, -0.1) is 0 Å². The zero-order valence-electron chi connectivity index (χ0n) is 9.43. The Morgan fingerprint density at radius 3 is 2.31 bits per heavy atom. The molecule has 0 saturated carbocycles. The standard InChI is InChI=1S/C11H16F2N2O/c1-14-7-8-5-9(12)11(10(13)6-8)15(2)3-4-16/h5-6,14,16H,3-4,7H2,1-2H3. The van der Waals surface area contributed by atoms with Gasteiger partial charge >= 0.3 is 0 Å². The number of rotatable bonds is 5. The van der Waals surface area contributed by atoms with Gasteiger partial charge in [-0.3, -0.25) is 0 Å². The van der Waals surface area contributed by atoms with Crippen molar-refractivity contribution in [2.24, 2.45) is 0 Å². The third-order valence-corrected chi connectivity index (χ3v) is 2.27. The van der Waals surface area contributed by atoms with Crippen LogP contribution in [0.5, 0.6) is 0 Å². The van der Waals surface area contributed by atoms with E-state index in [-0.39, 0.29) is 18.8 Å². The lowest BCUT2D eigenvalue weighted by Crippen LogP contribution is -2.23. The Morgan fingerprint density at radius 1 is 1.31 bits per heavy atom. The van der Waals surface area contributed by atoms with Gasteiger partial charge < -0.3 is 15.3 Å². The number of benzene rings is 1. The molecule has 0 amide bonds. The Labute approximate surface area is 93.7 Å². The molecular weight excluding hydrogens is 214 g/mol. The average Bonchev–Trinajstić information content (AvgIpc) is 2.17. The Morgan fingerprint density at radius 2 is 1.88 bits per heavy atom. The summed E-state index contributed by atoms with van der Waals surface area (Å²) in [6.45, 7) is 0.463. The molecule has 1 aromatic rings. The highest BCUT2D eigenvalue weighted by molar-refractivity contribution is 5.50. The molecule has 0 atom stereocenters. The zero-order valence-corrected chi connectivity index (χ0v) is 9.43. The van der Waals surface area contributed by atoms with Gasteiger partial charge in [0.05, 0.1) is 6.61 Å². The summed E-state index contributed by atoms with van der Waals surface area (Å²) in [6.07, 6.45) is 0. The van der Waals surface area contributed by atoms with Crippen LogP contribution in [0.2, 0.25) is 0 Å². The summed E-state index contributed by atoms with van der Waals surface area (Å²) < 4.78 is 27.2. The van der Waals surface area contributed by atoms with E-state index in [4.69, 9.17) is 5.11 Å². The number of halogens is 2. The molecule has 0 aliphatic carbocycles. The largest absolute Gasteiger partial charge is 0.395 e. The first-order chi connectivity index (χ1) is 7.60. The van der Waals surface area contributed by atoms with Gasteiger partial charge in [-0.05, 0) is 24.7 Å². The number of hydrogen-bond donors (Lipinski definition) is 2. The van der Waals surface area contributed by atoms with Crippen LogP contribution in [0.4, 0.5) is 14.5 Å². The van der Waals surface area contributed by atoms with Crippen molar-refractivity contribution in [3.05, 3.63) is 29.3 Å². The second kappa shape index (κ2) is 5.77. The maximum absolute atomic E-state index is 13.6. The van der Waals surface area contributed by atoms with Gasteiger partial charge in [-0.2, -0.15) is 0 Å². The van der Waals surface area contributed by atoms with Gasteiger partial charge in [0.15, 0.2) is 0 Å². The Kier molecular flexibility index (Phi) is 4.64. The molecule has 0 aromatic heterocycles. The molecule has 0 unspecified atom stereocenters. The minimum atomic E-state index is -0.610. The number of anilines is 1. The van der Waals surface area contributed by atoms with Crippen molar-refractivity contribution in [1.29, 1.82) is 0 Å². The van der Waals surface area contributed by atoms with Crippen LogP contribution in [0.3, 0.4) is 0 Å². The summed E-state index contributed by atoms with van der Waals surface area (Å²) in [4.78, 5) is 1.35. The molecule has 0 saturated heterocycles. The molecule has 0 bridgehead atoms. The monoisotopic (exact) mass is 230 g/mol. The fourth-order valence-electron chi connectivity index (χ4n) is 1.55. The molecule has 0 heterocycles. The second-order valence-electron chi connectivity index (χ2n) is 3.58. The number of hydrogen-bond acceptors (Lipinski definition) is 3. The first kappa shape index (κ1) is 12.9. The summed E-state index contributed by atoms with van der Waals surface area (Å²) in [7, 11) is 3.25. The SMILES string of the molecule is CNCc1cc(F)c(N(C)CCO)c(F)c1. The van der Waals surface area contributed by atoms with Crippen LogP contribution >= 0.6 is 0 Å². The fraction of sp³-hybridized carbons (Fsp3) is 0.455. The van der Waals surface area contributed by atoms with Crippen LogP contribution in [0.25, 0.3) is 0 Å². The predicted molar refractivity (Wildman–Crippen MR) is 59.5 cm³/mol. The second-order valence-corrected chi connectivity index (χ2v) is 3.58. The highest BCUT2D eigenvalue weighted by atomic mass is 19.1. The van der Waals surface area contributed by atoms with Crippen LogP contribution in [-0.4, -0.2) is 32.4 Å². The van der Waals surface area contributed by atoms with E-state index in [2.05, 4.69) is 5.32 Å². The van der Waals surface area contributed by atoms with Crippen molar-refractivity contribution >= 4 is 5.69 Å². The summed E-state index contributed by atoms with van der Waals surface area (Å²) in [6, 6.07) is 2.59. The van der Waals surface area contributed by atoms with Crippen molar-refractivity contribution < 1.29 is 13.9 Å². The van der Waals surface area contributed by atoms with E-state index in [1.807, 2.05) is 0 Å². The quantitative estimate of drug-likeness (QED) is 0.795. The lowest BCUT2D eigenvalue weighted by Gasteiger charge is -2.19.